The van der Waals surface area contributed by atoms with Crippen molar-refractivity contribution in [2.24, 2.45) is 0 Å². The quantitative estimate of drug-likeness (QED) is 0.619. The van der Waals surface area contributed by atoms with Gasteiger partial charge < -0.3 is 4.43 Å². The second-order valence-corrected chi connectivity index (χ2v) is 12.2. The van der Waals surface area contributed by atoms with Crippen LogP contribution in [0.3, 0.4) is 0 Å². The van der Waals surface area contributed by atoms with Crippen LogP contribution in [0, 0.1) is 0 Å². The molecule has 0 heterocycles. The Bertz CT molecular complexity index is 107. The summed E-state index contributed by atoms with van der Waals surface area (Å²) in [6.07, 6.45) is 1.20. The predicted molar refractivity (Wildman–Crippen MR) is 57.4 cm³/mol. The zero-order valence-corrected chi connectivity index (χ0v) is 10.9. The van der Waals surface area contributed by atoms with Crippen LogP contribution in [0.2, 0.25) is 32.7 Å². The molecule has 1 unspecified atom stereocenters. The van der Waals surface area contributed by atoms with Crippen molar-refractivity contribution in [3.63, 3.8) is 0 Å². The van der Waals surface area contributed by atoms with Gasteiger partial charge in [-0.3, -0.25) is 0 Å². The first-order valence-corrected chi connectivity index (χ1v) is 10.9. The molecule has 1 nitrogen and oxygen atoms in total. The van der Waals surface area contributed by atoms with E-state index in [4.69, 9.17) is 4.43 Å². The van der Waals surface area contributed by atoms with Gasteiger partial charge >= 0.3 is 0 Å². The molecule has 0 radical (unpaired) electrons. The van der Waals surface area contributed by atoms with Crippen molar-refractivity contribution in [1.29, 1.82) is 0 Å². The van der Waals surface area contributed by atoms with Gasteiger partial charge in [0.15, 0.2) is 9.04 Å². The van der Waals surface area contributed by atoms with Gasteiger partial charge in [-0.1, -0.05) is 26.6 Å². The SMILES string of the molecule is CCC(O[SiH](C)C)[Si](C)(C)C. The van der Waals surface area contributed by atoms with E-state index >= 15 is 0 Å². The number of rotatable bonds is 4. The average molecular weight is 190 g/mol. The minimum atomic E-state index is -1.04. The van der Waals surface area contributed by atoms with Crippen molar-refractivity contribution in [2.45, 2.75) is 51.8 Å². The summed E-state index contributed by atoms with van der Waals surface area (Å²) in [5.41, 5.74) is 0.592. The highest BCUT2D eigenvalue weighted by Gasteiger charge is 2.26. The van der Waals surface area contributed by atoms with E-state index in [1.165, 1.54) is 6.42 Å². The summed E-state index contributed by atoms with van der Waals surface area (Å²) < 4.78 is 5.96. The normalized spacial score (nSPS) is 15.5. The lowest BCUT2D eigenvalue weighted by Gasteiger charge is -2.29. The van der Waals surface area contributed by atoms with E-state index < -0.39 is 17.1 Å². The highest BCUT2D eigenvalue weighted by atomic mass is 28.3. The largest absolute Gasteiger partial charge is 0.421 e. The van der Waals surface area contributed by atoms with Gasteiger partial charge in [-0.25, -0.2) is 0 Å². The van der Waals surface area contributed by atoms with Gasteiger partial charge in [0.25, 0.3) is 0 Å². The van der Waals surface area contributed by atoms with Crippen molar-refractivity contribution >= 4 is 17.1 Å². The molecule has 0 aromatic rings. The maximum Gasteiger partial charge on any atom is 0.170 e. The van der Waals surface area contributed by atoms with E-state index in [1.807, 2.05) is 0 Å². The standard InChI is InChI=1S/C8H22OSi2/c1-7-8(9-10(2)3)11(4,5)6/h8,10H,7H2,1-6H3. The van der Waals surface area contributed by atoms with E-state index in [-0.39, 0.29) is 0 Å². The lowest BCUT2D eigenvalue weighted by Crippen LogP contribution is -2.42. The third-order valence-corrected chi connectivity index (χ3v) is 5.39. The first-order chi connectivity index (χ1) is 4.88. The van der Waals surface area contributed by atoms with Gasteiger partial charge in [-0.05, 0) is 19.5 Å². The zero-order valence-electron chi connectivity index (χ0n) is 8.77. The molecule has 68 valence electrons. The molecule has 1 atom stereocenters. The molecule has 0 bridgehead atoms. The summed E-state index contributed by atoms with van der Waals surface area (Å²) in [6, 6.07) is 0. The molecule has 0 aliphatic carbocycles. The lowest BCUT2D eigenvalue weighted by atomic mass is 10.5. The number of hydrogen-bond donors (Lipinski definition) is 0. The Kier molecular flexibility index (Phi) is 4.59. The van der Waals surface area contributed by atoms with Crippen LogP contribution in [-0.4, -0.2) is 22.8 Å². The maximum atomic E-state index is 5.96. The van der Waals surface area contributed by atoms with Crippen LogP contribution in [0.5, 0.6) is 0 Å². The second-order valence-electron chi connectivity index (χ2n) is 4.45. The highest BCUT2D eigenvalue weighted by molar-refractivity contribution is 6.77. The zero-order chi connectivity index (χ0) is 9.07. The Morgan fingerprint density at radius 3 is 1.82 bits per heavy atom. The Morgan fingerprint density at radius 2 is 1.73 bits per heavy atom. The van der Waals surface area contributed by atoms with Crippen molar-refractivity contribution < 1.29 is 4.43 Å². The van der Waals surface area contributed by atoms with Crippen LogP contribution in [0.1, 0.15) is 13.3 Å². The molecule has 0 aliphatic rings. The van der Waals surface area contributed by atoms with Crippen molar-refractivity contribution in [1.82, 2.24) is 0 Å². The predicted octanol–water partition coefficient (Wildman–Crippen LogP) is 2.64. The molecule has 0 spiro atoms. The Hall–Kier alpha value is 0.394. The molecule has 11 heavy (non-hydrogen) atoms. The smallest absolute Gasteiger partial charge is 0.170 e. The van der Waals surface area contributed by atoms with E-state index in [1.54, 1.807) is 0 Å². The molecule has 0 amide bonds. The van der Waals surface area contributed by atoms with Gasteiger partial charge in [-0.15, -0.1) is 0 Å². The van der Waals surface area contributed by atoms with Crippen LogP contribution in [0.15, 0.2) is 0 Å². The minimum absolute atomic E-state index is 0.592. The fourth-order valence-electron chi connectivity index (χ4n) is 1.24. The molecule has 0 aromatic carbocycles. The molecule has 3 heteroatoms. The van der Waals surface area contributed by atoms with Crippen LogP contribution in [-0.2, 0) is 4.43 Å². The monoisotopic (exact) mass is 190 g/mol. The van der Waals surface area contributed by atoms with Crippen molar-refractivity contribution in [3.8, 4) is 0 Å². The summed E-state index contributed by atoms with van der Waals surface area (Å²) in [6.45, 7) is 13.9. The summed E-state index contributed by atoms with van der Waals surface area (Å²) >= 11 is 0. The molecule has 0 aliphatic heterocycles. The fraction of sp³-hybridized carbons (Fsp3) is 1.00. The second kappa shape index (κ2) is 4.43. The summed E-state index contributed by atoms with van der Waals surface area (Å²) in [5, 5.41) is 0. The molecule has 0 fully saturated rings. The van der Waals surface area contributed by atoms with Gasteiger partial charge in [0, 0.05) is 5.73 Å². The van der Waals surface area contributed by atoms with Crippen LogP contribution >= 0.6 is 0 Å². The summed E-state index contributed by atoms with van der Waals surface area (Å²) in [4.78, 5) is 0. The first kappa shape index (κ1) is 11.4. The topological polar surface area (TPSA) is 9.23 Å². The van der Waals surface area contributed by atoms with Gasteiger partial charge in [0.2, 0.25) is 0 Å². The van der Waals surface area contributed by atoms with E-state index in [2.05, 4.69) is 39.7 Å². The van der Waals surface area contributed by atoms with Gasteiger partial charge in [0.05, 0.1) is 8.07 Å². The molecular formula is C8H22OSi2. The highest BCUT2D eigenvalue weighted by Crippen LogP contribution is 2.15. The molecular weight excluding hydrogens is 168 g/mol. The Labute approximate surface area is 73.9 Å². The maximum absolute atomic E-state index is 5.96. The number of hydrogen-bond acceptors (Lipinski definition) is 1. The molecule has 0 saturated heterocycles. The first-order valence-electron chi connectivity index (χ1n) is 4.53. The Balaban J connectivity index is 3.96. The fourth-order valence-corrected chi connectivity index (χ4v) is 5.77. The van der Waals surface area contributed by atoms with Crippen LogP contribution in [0.25, 0.3) is 0 Å². The van der Waals surface area contributed by atoms with Crippen LogP contribution < -0.4 is 0 Å². The van der Waals surface area contributed by atoms with Gasteiger partial charge in [-0.2, -0.15) is 0 Å². The van der Waals surface area contributed by atoms with Gasteiger partial charge in [0.1, 0.15) is 0 Å². The average Bonchev–Trinajstić information content (AvgIpc) is 1.79. The molecule has 0 rings (SSSR count). The van der Waals surface area contributed by atoms with E-state index in [0.29, 0.717) is 5.73 Å². The molecule has 0 aromatic heterocycles. The third-order valence-electron chi connectivity index (χ3n) is 1.77. The summed E-state index contributed by atoms with van der Waals surface area (Å²) in [5.74, 6) is 0. The lowest BCUT2D eigenvalue weighted by molar-refractivity contribution is 0.271. The minimum Gasteiger partial charge on any atom is -0.421 e. The third kappa shape index (κ3) is 4.77. The van der Waals surface area contributed by atoms with E-state index in [0.717, 1.165) is 0 Å². The molecule has 0 N–H and O–H groups in total. The molecule has 0 saturated carbocycles. The Morgan fingerprint density at radius 1 is 1.27 bits per heavy atom. The van der Waals surface area contributed by atoms with Crippen molar-refractivity contribution in [3.05, 3.63) is 0 Å². The summed E-state index contributed by atoms with van der Waals surface area (Å²) in [7, 11) is -1.85. The van der Waals surface area contributed by atoms with E-state index in [9.17, 15) is 0 Å². The van der Waals surface area contributed by atoms with Crippen LogP contribution in [0.4, 0.5) is 0 Å². The van der Waals surface area contributed by atoms with Crippen molar-refractivity contribution in [2.75, 3.05) is 0 Å².